The number of ether oxygens (including phenoxy) is 1. The maximum Gasteiger partial charge on any atom is 0.308 e. The molecular weight excluding hydrogens is 562 g/mol. The monoisotopic (exact) mass is 587 g/mol. The van der Waals surface area contributed by atoms with Crippen LogP contribution in [0, 0.1) is 12.8 Å². The number of thiazole rings is 1. The number of phenols is 1. The molecule has 0 spiro atoms. The Morgan fingerprint density at radius 3 is 2.39 bits per heavy atom. The van der Waals surface area contributed by atoms with E-state index in [1.165, 1.54) is 28.7 Å². The fraction of sp³-hybridized carbons (Fsp3) is 0.200. The first-order chi connectivity index (χ1) is 19.8. The van der Waals surface area contributed by atoms with E-state index in [0.717, 1.165) is 28.7 Å². The topological polar surface area (TPSA) is 118 Å². The number of aromatic nitrogens is 1. The van der Waals surface area contributed by atoms with Gasteiger partial charge in [0.25, 0.3) is 0 Å². The highest BCUT2D eigenvalue weighted by atomic mass is 32.2. The van der Waals surface area contributed by atoms with Gasteiger partial charge in [0, 0.05) is 22.0 Å². The number of carbonyl (C=O) groups excluding carboxylic acids is 3. The van der Waals surface area contributed by atoms with Crippen molar-refractivity contribution in [1.82, 2.24) is 4.57 Å². The third kappa shape index (κ3) is 4.70. The van der Waals surface area contributed by atoms with Crippen molar-refractivity contribution in [3.05, 3.63) is 98.5 Å². The van der Waals surface area contributed by atoms with Gasteiger partial charge in [-0.15, -0.1) is 0 Å². The number of anilines is 2. The number of rotatable bonds is 6. The lowest BCUT2D eigenvalue weighted by atomic mass is 9.82. The van der Waals surface area contributed by atoms with Crippen molar-refractivity contribution in [2.24, 2.45) is 5.92 Å². The average Bonchev–Trinajstić information content (AvgIpc) is 3.41. The van der Waals surface area contributed by atoms with Crippen LogP contribution in [0.5, 0.6) is 11.5 Å². The summed E-state index contributed by atoms with van der Waals surface area (Å²) in [6.45, 7) is 1.65. The van der Waals surface area contributed by atoms with Gasteiger partial charge < -0.3 is 15.2 Å². The molecule has 1 saturated heterocycles. The molecule has 41 heavy (non-hydrogen) atoms. The van der Waals surface area contributed by atoms with E-state index in [4.69, 9.17) is 4.74 Å². The molecule has 4 aromatic rings. The van der Waals surface area contributed by atoms with Gasteiger partial charge in [-0.1, -0.05) is 59.0 Å². The minimum absolute atomic E-state index is 0.0647. The van der Waals surface area contributed by atoms with Gasteiger partial charge in [-0.2, -0.15) is 0 Å². The second-order valence-corrected chi connectivity index (χ2v) is 12.0. The van der Waals surface area contributed by atoms with Gasteiger partial charge in [-0.3, -0.25) is 23.7 Å². The standard InChI is InChI=1S/C30H25N3O6S2/c1-16-7-11-18(12-8-16)33-27(36)24-23(20-5-3-4-6-21(20)39-2)26-29(40-25(24)28(33)37)32(30(38)41-26)15-22(35)31-17-9-13-19(34)14-10-17/h3-14,23-25,34H,15H2,1-2H3,(H,31,35)/t23-,24-,25+/m0/s1. The van der Waals surface area contributed by atoms with Gasteiger partial charge in [0.05, 0.1) is 23.7 Å². The first-order valence-corrected chi connectivity index (χ1v) is 14.5. The number of thioether (sulfide) groups is 1. The van der Waals surface area contributed by atoms with Crippen molar-refractivity contribution in [3.8, 4) is 11.5 Å². The molecule has 3 amide bonds. The molecule has 0 saturated carbocycles. The number of phenolic OH excluding ortho intramolecular Hbond substituents is 1. The smallest absolute Gasteiger partial charge is 0.308 e. The van der Waals surface area contributed by atoms with Crippen molar-refractivity contribution in [2.45, 2.75) is 29.7 Å². The van der Waals surface area contributed by atoms with Crippen LogP contribution in [0.1, 0.15) is 21.9 Å². The van der Waals surface area contributed by atoms with Crippen LogP contribution >= 0.6 is 23.1 Å². The molecular formula is C30H25N3O6S2. The van der Waals surface area contributed by atoms with Crippen LogP contribution in [-0.4, -0.2) is 39.8 Å². The summed E-state index contributed by atoms with van der Waals surface area (Å²) < 4.78 is 7.01. The van der Waals surface area contributed by atoms with Crippen LogP contribution in [0.4, 0.5) is 11.4 Å². The van der Waals surface area contributed by atoms with Crippen molar-refractivity contribution in [2.75, 3.05) is 17.3 Å². The minimum Gasteiger partial charge on any atom is -0.508 e. The Balaban J connectivity index is 1.43. The predicted molar refractivity (Wildman–Crippen MR) is 157 cm³/mol. The molecule has 9 nitrogen and oxygen atoms in total. The molecule has 2 N–H and O–H groups in total. The highest BCUT2D eigenvalue weighted by Crippen LogP contribution is 2.55. The molecule has 0 bridgehead atoms. The van der Waals surface area contributed by atoms with E-state index < -0.39 is 23.0 Å². The Bertz CT molecular complexity index is 1730. The third-order valence-electron chi connectivity index (χ3n) is 7.27. The molecule has 0 unspecified atom stereocenters. The number of imide groups is 1. The summed E-state index contributed by atoms with van der Waals surface area (Å²) in [5.74, 6) is -1.93. The number of aromatic hydroxyl groups is 1. The largest absolute Gasteiger partial charge is 0.508 e. The highest BCUT2D eigenvalue weighted by Gasteiger charge is 2.57. The van der Waals surface area contributed by atoms with Crippen LogP contribution in [0.15, 0.2) is 82.6 Å². The minimum atomic E-state index is -0.799. The summed E-state index contributed by atoms with van der Waals surface area (Å²) in [5, 5.41) is 11.9. The molecule has 0 radical (unpaired) electrons. The van der Waals surface area contributed by atoms with Crippen molar-refractivity contribution in [3.63, 3.8) is 0 Å². The quantitative estimate of drug-likeness (QED) is 0.254. The molecule has 208 valence electrons. The van der Waals surface area contributed by atoms with Gasteiger partial charge in [0.15, 0.2) is 0 Å². The number of fused-ring (bicyclic) bond motifs is 2. The van der Waals surface area contributed by atoms with Gasteiger partial charge >= 0.3 is 4.87 Å². The van der Waals surface area contributed by atoms with Crippen LogP contribution in [0.3, 0.4) is 0 Å². The van der Waals surface area contributed by atoms with Crippen molar-refractivity contribution in [1.29, 1.82) is 0 Å². The number of benzene rings is 3. The van der Waals surface area contributed by atoms with Gasteiger partial charge in [-0.25, -0.2) is 4.90 Å². The van der Waals surface area contributed by atoms with E-state index in [1.54, 1.807) is 30.3 Å². The molecule has 3 heterocycles. The maximum absolute atomic E-state index is 14.0. The van der Waals surface area contributed by atoms with Crippen LogP contribution in [0.2, 0.25) is 0 Å². The zero-order valence-corrected chi connectivity index (χ0v) is 23.7. The number of carbonyl (C=O) groups is 3. The molecule has 1 aromatic heterocycles. The van der Waals surface area contributed by atoms with E-state index in [-0.39, 0.29) is 29.0 Å². The molecule has 0 aliphatic carbocycles. The molecule has 1 fully saturated rings. The van der Waals surface area contributed by atoms with Crippen LogP contribution in [-0.2, 0) is 20.9 Å². The molecule has 3 atom stereocenters. The number of aryl methyl sites for hydroxylation is 1. The Hall–Kier alpha value is -4.35. The van der Waals surface area contributed by atoms with E-state index in [0.29, 0.717) is 32.6 Å². The first-order valence-electron chi connectivity index (χ1n) is 12.8. The average molecular weight is 588 g/mol. The molecule has 11 heteroatoms. The normalized spacial score (nSPS) is 19.6. The number of para-hydroxylation sites is 1. The summed E-state index contributed by atoms with van der Waals surface area (Å²) in [4.78, 5) is 55.7. The second-order valence-electron chi connectivity index (χ2n) is 9.85. The number of nitrogens with zero attached hydrogens (tertiary/aromatic N) is 2. The van der Waals surface area contributed by atoms with E-state index in [1.807, 2.05) is 37.3 Å². The van der Waals surface area contributed by atoms with E-state index in [9.17, 15) is 24.3 Å². The summed E-state index contributed by atoms with van der Waals surface area (Å²) in [6.07, 6.45) is 0. The lowest BCUT2D eigenvalue weighted by Gasteiger charge is -2.31. The highest BCUT2D eigenvalue weighted by molar-refractivity contribution is 8.00. The summed E-state index contributed by atoms with van der Waals surface area (Å²) in [6, 6.07) is 20.5. The first kappa shape index (κ1) is 26.9. The number of amides is 3. The summed E-state index contributed by atoms with van der Waals surface area (Å²) in [7, 11) is 1.54. The zero-order chi connectivity index (χ0) is 28.8. The molecule has 2 aliphatic rings. The molecule has 6 rings (SSSR count). The molecule has 2 aliphatic heterocycles. The summed E-state index contributed by atoms with van der Waals surface area (Å²) >= 11 is 2.13. The zero-order valence-electron chi connectivity index (χ0n) is 22.1. The number of methoxy groups -OCH3 is 1. The Morgan fingerprint density at radius 1 is 0.976 bits per heavy atom. The predicted octanol–water partition coefficient (Wildman–Crippen LogP) is 4.37. The SMILES string of the molecule is COc1ccccc1[C@@H]1c2sc(=O)n(CC(=O)Nc3ccc(O)cc3)c2S[C@H]2C(=O)N(c3ccc(C)cc3)C(=O)[C@@H]12. The van der Waals surface area contributed by atoms with E-state index in [2.05, 4.69) is 5.32 Å². The van der Waals surface area contributed by atoms with Crippen molar-refractivity contribution >= 4 is 52.2 Å². The fourth-order valence-corrected chi connectivity index (χ4v) is 8.12. The van der Waals surface area contributed by atoms with Gasteiger partial charge in [-0.05, 0) is 49.4 Å². The number of hydrogen-bond acceptors (Lipinski definition) is 8. The lowest BCUT2D eigenvalue weighted by molar-refractivity contribution is -0.122. The second kappa shape index (κ2) is 10.6. The Labute approximate surface area is 243 Å². The maximum atomic E-state index is 14.0. The van der Waals surface area contributed by atoms with Crippen molar-refractivity contribution < 1.29 is 24.2 Å². The third-order valence-corrected chi connectivity index (χ3v) is 9.87. The number of nitrogens with one attached hydrogen (secondary N) is 1. The Morgan fingerprint density at radius 2 is 1.68 bits per heavy atom. The van der Waals surface area contributed by atoms with Crippen LogP contribution < -0.4 is 19.8 Å². The lowest BCUT2D eigenvalue weighted by Crippen LogP contribution is -2.33. The summed E-state index contributed by atoms with van der Waals surface area (Å²) in [5.41, 5.74) is 2.66. The molecule has 3 aromatic carbocycles. The van der Waals surface area contributed by atoms with Gasteiger partial charge in [0.1, 0.15) is 23.3 Å². The Kier molecular flexibility index (Phi) is 6.92. The fourth-order valence-electron chi connectivity index (χ4n) is 5.35. The number of hydrogen-bond donors (Lipinski definition) is 2. The van der Waals surface area contributed by atoms with Crippen LogP contribution in [0.25, 0.3) is 0 Å². The van der Waals surface area contributed by atoms with E-state index >= 15 is 0 Å². The van der Waals surface area contributed by atoms with Gasteiger partial charge in [0.2, 0.25) is 17.7 Å².